The zero-order chi connectivity index (χ0) is 39.7. The van der Waals surface area contributed by atoms with Gasteiger partial charge in [-0.3, -0.25) is 0 Å². The Morgan fingerprint density at radius 2 is 0.635 bits per heavy atom. The largest absolute Gasteiger partial charge is 3.00 e. The molecule has 6 rings (SSSR count). The van der Waals surface area contributed by atoms with Crippen molar-refractivity contribution in [3.8, 4) is 0 Å². The Balaban J connectivity index is 0.000000208. The van der Waals surface area contributed by atoms with E-state index in [-0.39, 0.29) is 49.4 Å². The van der Waals surface area contributed by atoms with Crippen LogP contribution in [0.4, 0.5) is 39.5 Å². The normalized spacial score (nSPS) is 34.8. The zero-order valence-electron chi connectivity index (χ0n) is 30.2. The van der Waals surface area contributed by atoms with Crippen molar-refractivity contribution in [1.29, 1.82) is 0 Å². The summed E-state index contributed by atoms with van der Waals surface area (Å²) in [6.07, 6.45) is -11.6. The molecule has 0 aliphatic heterocycles. The SMILES string of the molecule is CC12CCC([C-](C(=O)C(F)(F)F)C1=O)C2(C)C.CC12CCC([C-](C(=O)C(F)(F)F)C1=O)C2(C)C.CC12CCC([C-](C(=O)C(F)(F)F)C1=O)C2(C)C.[Eu+3]. The molecule has 6 aliphatic rings. The number of halogens is 9. The van der Waals surface area contributed by atoms with Crippen LogP contribution in [0, 0.1) is 117 Å². The molecule has 6 nitrogen and oxygen atoms in total. The van der Waals surface area contributed by atoms with Crippen LogP contribution in [0.2, 0.25) is 0 Å². The van der Waals surface area contributed by atoms with E-state index in [1.807, 2.05) is 0 Å². The quantitative estimate of drug-likeness (QED) is 0.210. The van der Waals surface area contributed by atoms with E-state index < -0.39 is 121 Å². The Labute approximate surface area is 337 Å². The number of rotatable bonds is 3. The molecule has 0 aromatic heterocycles. The molecular formula is C36H42EuF9O6. The van der Waals surface area contributed by atoms with Gasteiger partial charge in [0.15, 0.2) is 0 Å². The smallest absolute Gasteiger partial charge is 0.333 e. The maximum absolute atomic E-state index is 12.5. The predicted octanol–water partition coefficient (Wildman–Crippen LogP) is 8.15. The topological polar surface area (TPSA) is 102 Å². The average molecular weight is 894 g/mol. The van der Waals surface area contributed by atoms with E-state index in [1.54, 1.807) is 62.3 Å². The van der Waals surface area contributed by atoms with Gasteiger partial charge in [0.05, 0.1) is 0 Å². The van der Waals surface area contributed by atoms with Gasteiger partial charge in [-0.1, -0.05) is 81.6 Å². The molecule has 52 heavy (non-hydrogen) atoms. The molecule has 0 aromatic carbocycles. The Morgan fingerprint density at radius 1 is 0.462 bits per heavy atom. The van der Waals surface area contributed by atoms with Gasteiger partial charge in [-0.15, -0.1) is 17.8 Å². The van der Waals surface area contributed by atoms with E-state index in [0.717, 1.165) is 0 Å². The summed E-state index contributed by atoms with van der Waals surface area (Å²) in [7, 11) is 0. The molecule has 6 saturated carbocycles. The molecule has 0 heterocycles. The van der Waals surface area contributed by atoms with Crippen LogP contribution in [-0.4, -0.2) is 53.2 Å². The Hall–Kier alpha value is -1.42. The van der Waals surface area contributed by atoms with E-state index in [9.17, 15) is 68.3 Å². The van der Waals surface area contributed by atoms with E-state index in [1.165, 1.54) is 0 Å². The summed E-state index contributed by atoms with van der Waals surface area (Å²) in [5, 5.41) is 0. The summed E-state index contributed by atoms with van der Waals surface area (Å²) in [6.45, 7) is 15.7. The van der Waals surface area contributed by atoms with Crippen molar-refractivity contribution in [3.63, 3.8) is 0 Å². The summed E-state index contributed by atoms with van der Waals surface area (Å²) in [6, 6.07) is 0. The second kappa shape index (κ2) is 13.1. The minimum Gasteiger partial charge on any atom is -0.333 e. The molecule has 0 N–H and O–H groups in total. The van der Waals surface area contributed by atoms with Crippen LogP contribution in [0.3, 0.4) is 0 Å². The molecule has 6 fully saturated rings. The molecule has 0 radical (unpaired) electrons. The number of ketones is 6. The fourth-order valence-corrected chi connectivity index (χ4v) is 9.84. The van der Waals surface area contributed by atoms with E-state index >= 15 is 0 Å². The van der Waals surface area contributed by atoms with Gasteiger partial charge in [0.2, 0.25) is 0 Å². The van der Waals surface area contributed by atoms with Crippen molar-refractivity contribution in [1.82, 2.24) is 0 Å². The first-order valence-electron chi connectivity index (χ1n) is 16.7. The van der Waals surface area contributed by atoms with Gasteiger partial charge in [0.1, 0.15) is 17.3 Å². The van der Waals surface area contributed by atoms with Crippen molar-refractivity contribution in [3.05, 3.63) is 17.8 Å². The van der Waals surface area contributed by atoms with Gasteiger partial charge in [0.25, 0.3) is 0 Å². The molecule has 0 aromatic rings. The molecule has 16 heteroatoms. The molecule has 292 valence electrons. The average Bonchev–Trinajstić information content (AvgIpc) is 3.59. The molecule has 6 atom stereocenters. The number of Topliss-reactive ketones (excluding diaryl/α,β-unsaturated/α-hetero) is 6. The van der Waals surface area contributed by atoms with Gasteiger partial charge in [-0.2, -0.15) is 39.5 Å². The molecule has 6 bridgehead atoms. The van der Waals surface area contributed by atoms with E-state index in [0.29, 0.717) is 38.5 Å². The van der Waals surface area contributed by atoms with Crippen molar-refractivity contribution < 1.29 is 118 Å². The third-order valence-electron chi connectivity index (χ3n) is 14.5. The molecule has 6 unspecified atom stereocenters. The first-order chi connectivity index (χ1) is 22.6. The Kier molecular flexibility index (Phi) is 11.3. The van der Waals surface area contributed by atoms with Crippen LogP contribution in [0.5, 0.6) is 0 Å². The fraction of sp³-hybridized carbons (Fsp3) is 0.750. The Morgan fingerprint density at radius 3 is 0.750 bits per heavy atom. The van der Waals surface area contributed by atoms with Gasteiger partial charge in [-0.25, -0.2) is 17.8 Å². The third kappa shape index (κ3) is 6.16. The van der Waals surface area contributed by atoms with Crippen molar-refractivity contribution in [2.75, 3.05) is 0 Å². The maximum Gasteiger partial charge on any atom is 3.00 e. The van der Waals surface area contributed by atoms with Crippen LogP contribution in [-0.2, 0) is 28.8 Å². The van der Waals surface area contributed by atoms with Crippen molar-refractivity contribution in [2.24, 2.45) is 50.2 Å². The van der Waals surface area contributed by atoms with E-state index in [2.05, 4.69) is 0 Å². The van der Waals surface area contributed by atoms with Crippen LogP contribution in [0.15, 0.2) is 0 Å². The predicted molar refractivity (Wildman–Crippen MR) is 162 cm³/mol. The zero-order valence-corrected chi connectivity index (χ0v) is 32.6. The summed E-state index contributed by atoms with van der Waals surface area (Å²) < 4.78 is 112. The van der Waals surface area contributed by atoms with Crippen LogP contribution >= 0.6 is 0 Å². The summed E-state index contributed by atoms with van der Waals surface area (Å²) in [5.41, 5.74) is -4.10. The van der Waals surface area contributed by atoms with Gasteiger partial charge < -0.3 is 28.8 Å². The standard InChI is InChI=1S/3C12H14F3O2.Eu/c3*1-10(2)6-4-5-11(10,3)8(16)7(6)9(17)12(13,14)15;/h3*6H,4-5H2,1-3H3;/q3*-1;+3. The number of hydrogen-bond donors (Lipinski definition) is 0. The molecule has 6 aliphatic carbocycles. The van der Waals surface area contributed by atoms with Crippen LogP contribution in [0.1, 0.15) is 101 Å². The minimum atomic E-state index is -4.94. The summed E-state index contributed by atoms with van der Waals surface area (Å²) in [5.74, 6) is -10.8. The van der Waals surface area contributed by atoms with Crippen molar-refractivity contribution in [2.45, 2.75) is 119 Å². The number of carbonyl (C=O) groups excluding carboxylic acids is 6. The number of hydrogen-bond acceptors (Lipinski definition) is 6. The van der Waals surface area contributed by atoms with E-state index in [4.69, 9.17) is 0 Å². The Bertz CT molecular complexity index is 1380. The number of alkyl halides is 9. The van der Waals surface area contributed by atoms with Crippen molar-refractivity contribution >= 4 is 34.7 Å². The summed E-state index contributed by atoms with van der Waals surface area (Å²) >= 11 is 0. The summed E-state index contributed by atoms with van der Waals surface area (Å²) in [4.78, 5) is 70.0. The third-order valence-corrected chi connectivity index (χ3v) is 14.5. The first kappa shape index (κ1) is 45.0. The molecular weight excluding hydrogens is 851 g/mol. The molecule has 0 amide bonds. The first-order valence-corrected chi connectivity index (χ1v) is 16.7. The molecule has 0 spiro atoms. The second-order valence-corrected chi connectivity index (χ2v) is 17.1. The van der Waals surface area contributed by atoms with Crippen LogP contribution < -0.4 is 0 Å². The second-order valence-electron chi connectivity index (χ2n) is 17.1. The van der Waals surface area contributed by atoms with Gasteiger partial charge in [0, 0.05) is 33.6 Å². The van der Waals surface area contributed by atoms with Gasteiger partial charge in [-0.05, 0) is 35.5 Å². The van der Waals surface area contributed by atoms with Gasteiger partial charge >= 0.3 is 67.9 Å². The maximum atomic E-state index is 12.5. The fourth-order valence-electron chi connectivity index (χ4n) is 9.84. The number of carbonyl (C=O) groups is 6. The van der Waals surface area contributed by atoms with Crippen LogP contribution in [0.25, 0.3) is 0 Å². The minimum absolute atomic E-state index is 0. The molecule has 0 saturated heterocycles. The number of fused-ring (bicyclic) bond motifs is 6. The monoisotopic (exact) mass is 894 g/mol.